The molecule has 18 heavy (non-hydrogen) atoms. The summed E-state index contributed by atoms with van der Waals surface area (Å²) in [5.74, 6) is 2.68. The van der Waals surface area contributed by atoms with Crippen molar-refractivity contribution in [3.8, 4) is 5.69 Å². The Morgan fingerprint density at radius 3 is 2.72 bits per heavy atom. The lowest BCUT2D eigenvalue weighted by molar-refractivity contribution is 0.419. The monoisotopic (exact) mass is 238 g/mol. The molecule has 2 nitrogen and oxygen atoms in total. The third-order valence-corrected chi connectivity index (χ3v) is 4.83. The van der Waals surface area contributed by atoms with Crippen molar-refractivity contribution >= 4 is 0 Å². The van der Waals surface area contributed by atoms with Gasteiger partial charge in [-0.1, -0.05) is 24.6 Å². The van der Waals surface area contributed by atoms with Crippen LogP contribution in [-0.4, -0.2) is 9.78 Å². The Hall–Kier alpha value is -1.57. The first-order valence-corrected chi connectivity index (χ1v) is 7.01. The van der Waals surface area contributed by atoms with E-state index < -0.39 is 0 Å². The van der Waals surface area contributed by atoms with Crippen molar-refractivity contribution in [1.29, 1.82) is 0 Å². The molecule has 1 aromatic heterocycles. The van der Waals surface area contributed by atoms with Crippen LogP contribution < -0.4 is 0 Å². The Balaban J connectivity index is 1.77. The van der Waals surface area contributed by atoms with Gasteiger partial charge < -0.3 is 0 Å². The second-order valence-electron chi connectivity index (χ2n) is 5.79. The van der Waals surface area contributed by atoms with Gasteiger partial charge in [-0.3, -0.25) is 0 Å². The summed E-state index contributed by atoms with van der Waals surface area (Å²) in [7, 11) is 0. The number of benzene rings is 1. The Bertz CT molecular complexity index is 544. The lowest BCUT2D eigenvalue weighted by atomic mass is 9.83. The molecular formula is C16H18N2. The van der Waals surface area contributed by atoms with Crippen LogP contribution in [0.1, 0.15) is 37.2 Å². The van der Waals surface area contributed by atoms with E-state index in [0.29, 0.717) is 0 Å². The highest BCUT2D eigenvalue weighted by atomic mass is 15.3. The van der Waals surface area contributed by atoms with Crippen molar-refractivity contribution < 1.29 is 0 Å². The maximum Gasteiger partial charge on any atom is 0.0680 e. The SMILES string of the molecule is c1ccc(-n2cccn2)c(C2CC3CCC2C3)c1. The van der Waals surface area contributed by atoms with Gasteiger partial charge in [-0.2, -0.15) is 5.10 Å². The molecule has 2 aromatic rings. The fraction of sp³-hybridized carbons (Fsp3) is 0.438. The average Bonchev–Trinajstić information content (AvgIpc) is 3.15. The van der Waals surface area contributed by atoms with Gasteiger partial charge in [0.25, 0.3) is 0 Å². The third kappa shape index (κ3) is 1.52. The molecule has 1 heterocycles. The number of hydrogen-bond acceptors (Lipinski definition) is 1. The Morgan fingerprint density at radius 2 is 2.00 bits per heavy atom. The second kappa shape index (κ2) is 3.98. The van der Waals surface area contributed by atoms with E-state index in [4.69, 9.17) is 0 Å². The first-order chi connectivity index (χ1) is 8.92. The summed E-state index contributed by atoms with van der Waals surface area (Å²) in [4.78, 5) is 0. The van der Waals surface area contributed by atoms with Crippen LogP contribution in [-0.2, 0) is 0 Å². The molecule has 2 heteroatoms. The molecule has 0 spiro atoms. The average molecular weight is 238 g/mol. The number of hydrogen-bond donors (Lipinski definition) is 0. The molecular weight excluding hydrogens is 220 g/mol. The minimum absolute atomic E-state index is 0.768. The number of para-hydroxylation sites is 1. The van der Waals surface area contributed by atoms with Gasteiger partial charge in [0.05, 0.1) is 5.69 Å². The molecule has 4 rings (SSSR count). The maximum absolute atomic E-state index is 4.40. The molecule has 0 aliphatic heterocycles. The molecule has 0 saturated heterocycles. The zero-order valence-electron chi connectivity index (χ0n) is 10.5. The van der Waals surface area contributed by atoms with E-state index in [1.54, 1.807) is 0 Å². The van der Waals surface area contributed by atoms with Crippen molar-refractivity contribution in [3.63, 3.8) is 0 Å². The lowest BCUT2D eigenvalue weighted by Gasteiger charge is -2.24. The zero-order valence-corrected chi connectivity index (χ0v) is 10.5. The molecule has 2 bridgehead atoms. The van der Waals surface area contributed by atoms with E-state index in [1.165, 1.54) is 36.9 Å². The maximum atomic E-state index is 4.40. The molecule has 0 radical (unpaired) electrons. The van der Waals surface area contributed by atoms with E-state index in [1.807, 2.05) is 23.1 Å². The minimum atomic E-state index is 0.768. The van der Waals surface area contributed by atoms with Crippen LogP contribution in [0.4, 0.5) is 0 Å². The summed E-state index contributed by atoms with van der Waals surface area (Å²) < 4.78 is 2.02. The first kappa shape index (κ1) is 10.4. The lowest BCUT2D eigenvalue weighted by Crippen LogP contribution is -2.11. The van der Waals surface area contributed by atoms with Crippen molar-refractivity contribution in [2.45, 2.75) is 31.6 Å². The molecule has 1 aromatic carbocycles. The van der Waals surface area contributed by atoms with Crippen LogP contribution in [0, 0.1) is 11.8 Å². The minimum Gasteiger partial charge on any atom is -0.241 e. The van der Waals surface area contributed by atoms with E-state index in [0.717, 1.165) is 17.8 Å². The predicted octanol–water partition coefficient (Wildman–Crippen LogP) is 3.78. The number of aromatic nitrogens is 2. The zero-order chi connectivity index (χ0) is 11.9. The first-order valence-electron chi connectivity index (χ1n) is 7.01. The van der Waals surface area contributed by atoms with Gasteiger partial charge in [-0.25, -0.2) is 4.68 Å². The van der Waals surface area contributed by atoms with Gasteiger partial charge in [0.15, 0.2) is 0 Å². The fourth-order valence-corrected chi connectivity index (χ4v) is 4.05. The molecule has 92 valence electrons. The van der Waals surface area contributed by atoms with Gasteiger partial charge in [-0.15, -0.1) is 0 Å². The summed E-state index contributed by atoms with van der Waals surface area (Å²) in [6.07, 6.45) is 9.65. The highest BCUT2D eigenvalue weighted by molar-refractivity contribution is 5.43. The summed E-state index contributed by atoms with van der Waals surface area (Å²) in [5, 5.41) is 4.40. The highest BCUT2D eigenvalue weighted by Crippen LogP contribution is 2.53. The van der Waals surface area contributed by atoms with Crippen LogP contribution >= 0.6 is 0 Å². The summed E-state index contributed by atoms with van der Waals surface area (Å²) in [6, 6.07) is 10.8. The second-order valence-corrected chi connectivity index (χ2v) is 5.79. The van der Waals surface area contributed by atoms with Gasteiger partial charge >= 0.3 is 0 Å². The van der Waals surface area contributed by atoms with Crippen LogP contribution in [0.25, 0.3) is 5.69 Å². The molecule has 2 fully saturated rings. The predicted molar refractivity (Wildman–Crippen MR) is 71.8 cm³/mol. The van der Waals surface area contributed by atoms with Crippen molar-refractivity contribution in [1.82, 2.24) is 9.78 Å². The molecule has 2 aliphatic rings. The van der Waals surface area contributed by atoms with Crippen molar-refractivity contribution in [3.05, 3.63) is 48.3 Å². The molecule has 3 unspecified atom stereocenters. The van der Waals surface area contributed by atoms with Crippen LogP contribution in [0.5, 0.6) is 0 Å². The van der Waals surface area contributed by atoms with Crippen molar-refractivity contribution in [2.75, 3.05) is 0 Å². The van der Waals surface area contributed by atoms with Crippen LogP contribution in [0.2, 0.25) is 0 Å². The van der Waals surface area contributed by atoms with Crippen LogP contribution in [0.15, 0.2) is 42.7 Å². The topological polar surface area (TPSA) is 17.8 Å². The molecule has 2 aliphatic carbocycles. The molecule has 0 N–H and O–H groups in total. The quantitative estimate of drug-likeness (QED) is 0.778. The van der Waals surface area contributed by atoms with Gasteiger partial charge in [-0.05, 0) is 54.7 Å². The van der Waals surface area contributed by atoms with Gasteiger partial charge in [0.1, 0.15) is 0 Å². The van der Waals surface area contributed by atoms with E-state index in [2.05, 4.69) is 29.4 Å². The van der Waals surface area contributed by atoms with E-state index >= 15 is 0 Å². The van der Waals surface area contributed by atoms with Crippen LogP contribution in [0.3, 0.4) is 0 Å². The normalized spacial score (nSPS) is 29.9. The Labute approximate surface area is 108 Å². The van der Waals surface area contributed by atoms with Gasteiger partial charge in [0.2, 0.25) is 0 Å². The standard InChI is InChI=1S/C16H18N2/c1-2-5-16(18-9-3-8-17-18)14(4-1)15-11-12-6-7-13(15)10-12/h1-5,8-9,12-13,15H,6-7,10-11H2. The number of fused-ring (bicyclic) bond motifs is 2. The smallest absolute Gasteiger partial charge is 0.0680 e. The number of rotatable bonds is 2. The Kier molecular flexibility index (Phi) is 2.29. The third-order valence-electron chi connectivity index (χ3n) is 4.83. The summed E-state index contributed by atoms with van der Waals surface area (Å²) >= 11 is 0. The molecule has 0 amide bonds. The Morgan fingerprint density at radius 1 is 1.06 bits per heavy atom. The van der Waals surface area contributed by atoms with E-state index in [9.17, 15) is 0 Å². The fourth-order valence-electron chi connectivity index (χ4n) is 4.05. The summed E-state index contributed by atoms with van der Waals surface area (Å²) in [6.45, 7) is 0. The molecule has 3 atom stereocenters. The largest absolute Gasteiger partial charge is 0.241 e. The highest BCUT2D eigenvalue weighted by Gasteiger charge is 2.40. The van der Waals surface area contributed by atoms with E-state index in [-0.39, 0.29) is 0 Å². The van der Waals surface area contributed by atoms with Gasteiger partial charge in [0, 0.05) is 12.4 Å². The summed E-state index contributed by atoms with van der Waals surface area (Å²) in [5.41, 5.74) is 2.79. The van der Waals surface area contributed by atoms with Crippen molar-refractivity contribution in [2.24, 2.45) is 11.8 Å². The molecule has 2 saturated carbocycles. The number of nitrogens with zero attached hydrogens (tertiary/aromatic N) is 2.